The molecule has 0 saturated heterocycles. The van der Waals surface area contributed by atoms with Crippen molar-refractivity contribution in [1.29, 1.82) is 0 Å². The lowest BCUT2D eigenvalue weighted by Gasteiger charge is -2.29. The SMILES string of the molecule is CC(C)(C)[C@@H](CO)NC(=O)c1coc(Br)c1. The number of carbonyl (C=O) groups excluding carboxylic acids is 1. The molecule has 0 fully saturated rings. The highest BCUT2D eigenvalue weighted by atomic mass is 79.9. The van der Waals surface area contributed by atoms with Crippen LogP contribution in [0.5, 0.6) is 0 Å². The maximum absolute atomic E-state index is 11.8. The minimum atomic E-state index is -0.284. The summed E-state index contributed by atoms with van der Waals surface area (Å²) in [5.74, 6) is -0.247. The van der Waals surface area contributed by atoms with Crippen LogP contribution in [0.4, 0.5) is 0 Å². The van der Waals surface area contributed by atoms with Crippen LogP contribution in [-0.4, -0.2) is 23.7 Å². The molecule has 4 nitrogen and oxygen atoms in total. The number of halogens is 1. The van der Waals surface area contributed by atoms with Gasteiger partial charge in [0.05, 0.1) is 18.2 Å². The number of rotatable bonds is 3. The Morgan fingerprint density at radius 2 is 2.25 bits per heavy atom. The van der Waals surface area contributed by atoms with Crippen LogP contribution in [0.25, 0.3) is 0 Å². The van der Waals surface area contributed by atoms with E-state index in [1.54, 1.807) is 6.07 Å². The molecule has 1 heterocycles. The summed E-state index contributed by atoms with van der Waals surface area (Å²) in [7, 11) is 0. The molecule has 1 amide bonds. The van der Waals surface area contributed by atoms with Gasteiger partial charge >= 0.3 is 0 Å². The summed E-state index contributed by atoms with van der Waals surface area (Å²) in [6.45, 7) is 5.78. The Hall–Kier alpha value is -0.810. The largest absolute Gasteiger partial charge is 0.457 e. The third-order valence-electron chi connectivity index (χ3n) is 2.36. The molecule has 2 N–H and O–H groups in total. The van der Waals surface area contributed by atoms with Gasteiger partial charge in [0.1, 0.15) is 6.26 Å². The van der Waals surface area contributed by atoms with Crippen LogP contribution in [0, 0.1) is 5.41 Å². The Morgan fingerprint density at radius 1 is 1.62 bits per heavy atom. The Labute approximate surface area is 103 Å². The van der Waals surface area contributed by atoms with Crippen molar-refractivity contribution in [2.45, 2.75) is 26.8 Å². The summed E-state index contributed by atoms with van der Waals surface area (Å²) >= 11 is 3.13. The van der Waals surface area contributed by atoms with Crippen molar-refractivity contribution in [3.63, 3.8) is 0 Å². The Morgan fingerprint density at radius 3 is 2.62 bits per heavy atom. The van der Waals surface area contributed by atoms with E-state index >= 15 is 0 Å². The molecule has 5 heteroatoms. The van der Waals surface area contributed by atoms with E-state index in [0.717, 1.165) is 0 Å². The van der Waals surface area contributed by atoms with Gasteiger partial charge < -0.3 is 14.8 Å². The fraction of sp³-hybridized carbons (Fsp3) is 0.545. The van der Waals surface area contributed by atoms with Gasteiger partial charge in [-0.05, 0) is 21.3 Å². The highest BCUT2D eigenvalue weighted by molar-refractivity contribution is 9.10. The summed E-state index contributed by atoms with van der Waals surface area (Å²) in [6.07, 6.45) is 1.37. The van der Waals surface area contributed by atoms with E-state index in [-0.39, 0.29) is 24.0 Å². The normalized spacial score (nSPS) is 13.6. The van der Waals surface area contributed by atoms with Gasteiger partial charge in [0.2, 0.25) is 0 Å². The second-order valence-corrected chi connectivity index (χ2v) is 5.50. The smallest absolute Gasteiger partial charge is 0.254 e. The molecule has 90 valence electrons. The fourth-order valence-electron chi connectivity index (χ4n) is 1.21. The predicted molar refractivity (Wildman–Crippen MR) is 64.2 cm³/mol. The maximum atomic E-state index is 11.8. The molecular formula is C11H16BrNO3. The first kappa shape index (κ1) is 13.3. The van der Waals surface area contributed by atoms with Crippen LogP contribution >= 0.6 is 15.9 Å². The first-order chi connectivity index (χ1) is 7.34. The highest BCUT2D eigenvalue weighted by Gasteiger charge is 2.26. The average Bonchev–Trinajstić information content (AvgIpc) is 2.59. The van der Waals surface area contributed by atoms with Crippen molar-refractivity contribution in [2.75, 3.05) is 6.61 Å². The minimum absolute atomic E-state index is 0.0890. The molecule has 16 heavy (non-hydrogen) atoms. The monoisotopic (exact) mass is 289 g/mol. The first-order valence-electron chi connectivity index (χ1n) is 5.00. The Bertz CT molecular complexity index is 368. The molecule has 0 bridgehead atoms. The summed E-state index contributed by atoms with van der Waals surface area (Å²) in [6, 6.07) is 1.31. The lowest BCUT2D eigenvalue weighted by Crippen LogP contribution is -2.46. The molecule has 0 unspecified atom stereocenters. The van der Waals surface area contributed by atoms with Crippen LogP contribution in [0.3, 0.4) is 0 Å². The molecule has 0 aromatic carbocycles. The van der Waals surface area contributed by atoms with Gasteiger partial charge in [0, 0.05) is 6.07 Å². The zero-order valence-corrected chi connectivity index (χ0v) is 11.2. The molecule has 0 spiro atoms. The standard InChI is InChI=1S/C11H16BrNO3/c1-11(2,3)8(5-14)13-10(15)7-4-9(12)16-6-7/h4,6,8,14H,5H2,1-3H3,(H,13,15)/t8-/m1/s1. The van der Waals surface area contributed by atoms with Crippen LogP contribution in [0.15, 0.2) is 21.4 Å². The number of aliphatic hydroxyl groups excluding tert-OH is 1. The molecule has 1 atom stereocenters. The van der Waals surface area contributed by atoms with Crippen molar-refractivity contribution in [3.05, 3.63) is 22.6 Å². The fourth-order valence-corrected chi connectivity index (χ4v) is 1.55. The van der Waals surface area contributed by atoms with Gasteiger partial charge in [-0.2, -0.15) is 0 Å². The number of amides is 1. The predicted octanol–water partition coefficient (Wildman–Crippen LogP) is 2.18. The van der Waals surface area contributed by atoms with Crippen molar-refractivity contribution in [3.8, 4) is 0 Å². The van der Waals surface area contributed by atoms with Crippen molar-refractivity contribution >= 4 is 21.8 Å². The Kier molecular flexibility index (Phi) is 4.15. The quantitative estimate of drug-likeness (QED) is 0.897. The molecule has 0 radical (unpaired) electrons. The second-order valence-electron chi connectivity index (χ2n) is 4.71. The van der Waals surface area contributed by atoms with Gasteiger partial charge in [0.15, 0.2) is 4.67 Å². The average molecular weight is 290 g/mol. The first-order valence-corrected chi connectivity index (χ1v) is 5.79. The maximum Gasteiger partial charge on any atom is 0.254 e. The summed E-state index contributed by atoms with van der Waals surface area (Å²) < 4.78 is 5.49. The van der Waals surface area contributed by atoms with Crippen molar-refractivity contribution in [2.24, 2.45) is 5.41 Å². The van der Waals surface area contributed by atoms with Gasteiger partial charge in [-0.25, -0.2) is 0 Å². The van der Waals surface area contributed by atoms with Gasteiger partial charge in [-0.1, -0.05) is 20.8 Å². The third-order valence-corrected chi connectivity index (χ3v) is 2.78. The molecule has 1 aromatic rings. The third kappa shape index (κ3) is 3.35. The van der Waals surface area contributed by atoms with Crippen LogP contribution in [0.1, 0.15) is 31.1 Å². The number of hydrogen-bond donors (Lipinski definition) is 2. The summed E-state index contributed by atoms with van der Waals surface area (Å²) in [5.41, 5.74) is 0.250. The molecular weight excluding hydrogens is 274 g/mol. The molecule has 0 saturated carbocycles. The zero-order valence-electron chi connectivity index (χ0n) is 9.58. The molecule has 0 aliphatic heterocycles. The molecule has 0 aliphatic carbocycles. The van der Waals surface area contributed by atoms with Crippen LogP contribution < -0.4 is 5.32 Å². The van der Waals surface area contributed by atoms with Crippen molar-refractivity contribution < 1.29 is 14.3 Å². The number of carbonyl (C=O) groups is 1. The number of nitrogens with one attached hydrogen (secondary N) is 1. The van der Waals surface area contributed by atoms with Crippen LogP contribution in [0.2, 0.25) is 0 Å². The van der Waals surface area contributed by atoms with E-state index in [1.165, 1.54) is 6.26 Å². The van der Waals surface area contributed by atoms with E-state index in [2.05, 4.69) is 21.2 Å². The summed E-state index contributed by atoms with van der Waals surface area (Å²) in [5, 5.41) is 12.0. The minimum Gasteiger partial charge on any atom is -0.457 e. The number of aliphatic hydroxyl groups is 1. The van der Waals surface area contributed by atoms with Gasteiger partial charge in [-0.15, -0.1) is 0 Å². The van der Waals surface area contributed by atoms with Crippen LogP contribution in [-0.2, 0) is 0 Å². The summed E-state index contributed by atoms with van der Waals surface area (Å²) in [4.78, 5) is 11.8. The van der Waals surface area contributed by atoms with Gasteiger partial charge in [0.25, 0.3) is 5.91 Å². The lowest BCUT2D eigenvalue weighted by atomic mass is 9.87. The van der Waals surface area contributed by atoms with E-state index in [4.69, 9.17) is 4.42 Å². The molecule has 1 aromatic heterocycles. The number of furan rings is 1. The topological polar surface area (TPSA) is 62.5 Å². The van der Waals surface area contributed by atoms with Crippen molar-refractivity contribution in [1.82, 2.24) is 5.32 Å². The molecule has 1 rings (SSSR count). The second kappa shape index (κ2) is 5.01. The van der Waals surface area contributed by atoms with E-state index in [9.17, 15) is 9.90 Å². The van der Waals surface area contributed by atoms with E-state index in [0.29, 0.717) is 10.2 Å². The number of hydrogen-bond acceptors (Lipinski definition) is 3. The molecule has 0 aliphatic rings. The Balaban J connectivity index is 2.70. The van der Waals surface area contributed by atoms with E-state index < -0.39 is 0 Å². The zero-order chi connectivity index (χ0) is 12.3. The van der Waals surface area contributed by atoms with Gasteiger partial charge in [-0.3, -0.25) is 4.79 Å². The highest BCUT2D eigenvalue weighted by Crippen LogP contribution is 2.20. The lowest BCUT2D eigenvalue weighted by molar-refractivity contribution is 0.0847. The van der Waals surface area contributed by atoms with E-state index in [1.807, 2.05) is 20.8 Å².